The zero-order valence-electron chi connectivity index (χ0n) is 7.89. The molecule has 2 nitrogen and oxygen atoms in total. The van der Waals surface area contributed by atoms with E-state index in [9.17, 15) is 0 Å². The molecule has 0 saturated heterocycles. The molecule has 0 aliphatic rings. The second-order valence-corrected chi connectivity index (χ2v) is 3.12. The van der Waals surface area contributed by atoms with Crippen molar-refractivity contribution in [2.24, 2.45) is 0 Å². The van der Waals surface area contributed by atoms with Crippen molar-refractivity contribution in [1.82, 2.24) is 0 Å². The van der Waals surface area contributed by atoms with Gasteiger partial charge in [0.1, 0.15) is 0 Å². The zero-order chi connectivity index (χ0) is 9.00. The number of hydrogen-bond donors (Lipinski definition) is 2. The molecule has 0 spiro atoms. The van der Waals surface area contributed by atoms with Gasteiger partial charge in [-0.25, -0.2) is 0 Å². The lowest BCUT2D eigenvalue weighted by Crippen LogP contribution is -2.44. The van der Waals surface area contributed by atoms with Crippen LogP contribution in [0.4, 0.5) is 0 Å². The number of aliphatic hydroxyl groups is 2. The van der Waals surface area contributed by atoms with Crippen LogP contribution in [0.2, 0.25) is 0 Å². The molecular weight excluding hydrogens is 128 g/mol. The van der Waals surface area contributed by atoms with Crippen LogP contribution in [0.5, 0.6) is 0 Å². The summed E-state index contributed by atoms with van der Waals surface area (Å²) in [6.07, 6.45) is 0. The third-order valence-electron chi connectivity index (χ3n) is 1.50. The Bertz CT molecular complexity index is 62.2. The molecule has 2 heteroatoms. The first-order valence-electron chi connectivity index (χ1n) is 3.70. The topological polar surface area (TPSA) is 40.5 Å². The highest BCUT2D eigenvalue weighted by molar-refractivity contribution is 4.84. The monoisotopic (exact) mass is 148 g/mol. The van der Waals surface area contributed by atoms with E-state index in [1.165, 1.54) is 0 Å². The third-order valence-corrected chi connectivity index (χ3v) is 1.50. The van der Waals surface area contributed by atoms with Gasteiger partial charge in [0.05, 0.1) is 11.2 Å². The van der Waals surface area contributed by atoms with Crippen LogP contribution in [0.15, 0.2) is 0 Å². The van der Waals surface area contributed by atoms with Gasteiger partial charge in [-0.1, -0.05) is 13.8 Å². The molecule has 0 heterocycles. The first-order chi connectivity index (χ1) is 4.25. The van der Waals surface area contributed by atoms with Gasteiger partial charge in [-0.05, 0) is 27.7 Å². The highest BCUT2D eigenvalue weighted by Crippen LogP contribution is 2.19. The summed E-state index contributed by atoms with van der Waals surface area (Å²) in [7, 11) is 0. The Labute approximate surface area is 63.9 Å². The van der Waals surface area contributed by atoms with Crippen molar-refractivity contribution in [3.63, 3.8) is 0 Å². The van der Waals surface area contributed by atoms with Crippen LogP contribution in [0.1, 0.15) is 41.5 Å². The van der Waals surface area contributed by atoms with Crippen molar-refractivity contribution < 1.29 is 10.2 Å². The summed E-state index contributed by atoms with van der Waals surface area (Å²) < 4.78 is 0. The fraction of sp³-hybridized carbons (Fsp3) is 1.00. The van der Waals surface area contributed by atoms with Gasteiger partial charge in [-0.2, -0.15) is 0 Å². The lowest BCUT2D eigenvalue weighted by molar-refractivity contribution is -0.107. The molecule has 0 unspecified atom stereocenters. The van der Waals surface area contributed by atoms with Gasteiger partial charge in [0.25, 0.3) is 0 Å². The summed E-state index contributed by atoms with van der Waals surface area (Å²) in [6.45, 7) is 10.3. The zero-order valence-corrected chi connectivity index (χ0v) is 7.89. The summed E-state index contributed by atoms with van der Waals surface area (Å²) in [5, 5.41) is 18.2. The number of hydrogen-bond acceptors (Lipinski definition) is 2. The van der Waals surface area contributed by atoms with Crippen molar-refractivity contribution in [3.05, 3.63) is 0 Å². The molecule has 2 N–H and O–H groups in total. The van der Waals surface area contributed by atoms with Crippen LogP contribution >= 0.6 is 0 Å². The molecule has 0 aromatic heterocycles. The Morgan fingerprint density at radius 3 is 0.800 bits per heavy atom. The van der Waals surface area contributed by atoms with Crippen molar-refractivity contribution in [3.8, 4) is 0 Å². The first-order valence-corrected chi connectivity index (χ1v) is 3.70. The van der Waals surface area contributed by atoms with Crippen LogP contribution in [0.25, 0.3) is 0 Å². The van der Waals surface area contributed by atoms with Gasteiger partial charge in [-0.3, -0.25) is 0 Å². The molecule has 0 rings (SSSR count). The van der Waals surface area contributed by atoms with E-state index in [2.05, 4.69) is 0 Å². The summed E-state index contributed by atoms with van der Waals surface area (Å²) in [6, 6.07) is 0. The maximum atomic E-state index is 9.10. The van der Waals surface area contributed by atoms with Gasteiger partial charge in [0.2, 0.25) is 0 Å². The minimum atomic E-state index is -1.01. The minimum Gasteiger partial charge on any atom is -0.387 e. The van der Waals surface area contributed by atoms with E-state index in [4.69, 9.17) is 10.2 Å². The number of rotatable bonds is 1. The predicted octanol–water partition coefficient (Wildman–Crippen LogP) is 1.55. The van der Waals surface area contributed by atoms with Gasteiger partial charge in [0.15, 0.2) is 0 Å². The Hall–Kier alpha value is -0.0800. The molecule has 10 heavy (non-hydrogen) atoms. The van der Waals surface area contributed by atoms with Gasteiger partial charge in [0, 0.05) is 0 Å². The van der Waals surface area contributed by atoms with Gasteiger partial charge in [-0.15, -0.1) is 0 Å². The molecule has 0 aliphatic carbocycles. The van der Waals surface area contributed by atoms with E-state index in [-0.39, 0.29) is 0 Å². The molecule has 0 bridgehead atoms. The van der Waals surface area contributed by atoms with Crippen molar-refractivity contribution >= 4 is 0 Å². The highest BCUT2D eigenvalue weighted by Gasteiger charge is 2.31. The van der Waals surface area contributed by atoms with Crippen molar-refractivity contribution in [2.45, 2.75) is 52.7 Å². The van der Waals surface area contributed by atoms with Crippen LogP contribution in [0, 0.1) is 0 Å². The second kappa shape index (κ2) is 3.94. The van der Waals surface area contributed by atoms with Gasteiger partial charge >= 0.3 is 0 Å². The molecule has 0 aliphatic heterocycles. The molecule has 0 fully saturated rings. The molecule has 0 saturated carbocycles. The highest BCUT2D eigenvalue weighted by atomic mass is 16.3. The average molecular weight is 148 g/mol. The Balaban J connectivity index is 0. The predicted molar refractivity (Wildman–Crippen MR) is 43.9 cm³/mol. The maximum Gasteiger partial charge on any atom is 0.0872 e. The smallest absolute Gasteiger partial charge is 0.0872 e. The van der Waals surface area contributed by atoms with E-state index in [0.29, 0.717) is 0 Å². The van der Waals surface area contributed by atoms with E-state index in [1.54, 1.807) is 27.7 Å². The average Bonchev–Trinajstić information content (AvgIpc) is 1.66. The Kier molecular flexibility index (Phi) is 4.96. The molecule has 0 radical (unpaired) electrons. The second-order valence-electron chi connectivity index (χ2n) is 3.12. The first kappa shape index (κ1) is 12.6. The van der Waals surface area contributed by atoms with E-state index < -0.39 is 11.2 Å². The largest absolute Gasteiger partial charge is 0.387 e. The van der Waals surface area contributed by atoms with Crippen molar-refractivity contribution in [2.75, 3.05) is 0 Å². The summed E-state index contributed by atoms with van der Waals surface area (Å²) >= 11 is 0. The quantitative estimate of drug-likeness (QED) is 0.592. The maximum absolute atomic E-state index is 9.10. The summed E-state index contributed by atoms with van der Waals surface area (Å²) in [5.41, 5.74) is -2.01. The fourth-order valence-electron chi connectivity index (χ4n) is 0. The summed E-state index contributed by atoms with van der Waals surface area (Å²) in [5.74, 6) is 0. The van der Waals surface area contributed by atoms with Crippen LogP contribution in [0.3, 0.4) is 0 Å². The fourth-order valence-corrected chi connectivity index (χ4v) is 0. The molecule has 0 atom stereocenters. The minimum absolute atomic E-state index is 1.01. The third kappa shape index (κ3) is 4.77. The van der Waals surface area contributed by atoms with Crippen LogP contribution < -0.4 is 0 Å². The lowest BCUT2D eigenvalue weighted by Gasteiger charge is -2.31. The SMILES string of the molecule is CC.CC(C)(O)C(C)(C)O. The lowest BCUT2D eigenvalue weighted by atomic mass is 9.90. The normalized spacial score (nSPS) is 12.0. The molecule has 0 amide bonds. The van der Waals surface area contributed by atoms with Crippen LogP contribution in [-0.2, 0) is 0 Å². The van der Waals surface area contributed by atoms with Gasteiger partial charge < -0.3 is 10.2 Å². The van der Waals surface area contributed by atoms with E-state index >= 15 is 0 Å². The van der Waals surface area contributed by atoms with E-state index in [1.807, 2.05) is 13.8 Å². The van der Waals surface area contributed by atoms with Crippen LogP contribution in [-0.4, -0.2) is 21.4 Å². The molecule has 0 aromatic rings. The Morgan fingerprint density at radius 2 is 0.800 bits per heavy atom. The molecule has 0 aromatic carbocycles. The summed E-state index contributed by atoms with van der Waals surface area (Å²) in [4.78, 5) is 0. The van der Waals surface area contributed by atoms with Crippen molar-refractivity contribution in [1.29, 1.82) is 0 Å². The standard InChI is InChI=1S/C6H14O2.C2H6/c1-5(2,7)6(3,4)8;1-2/h7-8H,1-4H3;1-2H3. The molecule has 64 valence electrons. The molecular formula is C8H20O2. The Morgan fingerprint density at radius 1 is 0.700 bits per heavy atom. The van der Waals surface area contributed by atoms with E-state index in [0.717, 1.165) is 0 Å².